The molecule has 3 unspecified atom stereocenters. The molecule has 28 heavy (non-hydrogen) atoms. The highest BCUT2D eigenvalue weighted by Gasteiger charge is 2.48. The van der Waals surface area contributed by atoms with E-state index >= 15 is 0 Å². The summed E-state index contributed by atoms with van der Waals surface area (Å²) in [6.45, 7) is 16.4. The maximum atomic E-state index is 6.25. The molecule has 1 nitrogen and oxygen atoms in total. The smallest absolute Gasteiger partial charge is 0.121 e. The highest BCUT2D eigenvalue weighted by molar-refractivity contribution is 6.92. The lowest BCUT2D eigenvalue weighted by Gasteiger charge is -2.38. The van der Waals surface area contributed by atoms with E-state index in [1.54, 1.807) is 5.57 Å². The van der Waals surface area contributed by atoms with E-state index in [0.29, 0.717) is 6.61 Å². The quantitative estimate of drug-likeness (QED) is 0.345. The number of unbranched alkanes of at least 4 members (excludes halogenated alkanes) is 1. The fourth-order valence-corrected chi connectivity index (χ4v) is 10.2. The number of rotatable bonds is 8. The standard InChI is InChI=1S/C26H38OSi/c1-7-9-12-22-18-21-13-10-11-14-23(21)26(22)28(5,6)24-17-19(3)16-20(4)25(24)27-15-8-2/h8,10-11,14,16-17,21-22,26H,2,7,9,12-13,15,18H2,1,3-6H3. The molecule has 0 aromatic heterocycles. The molecule has 2 aliphatic carbocycles. The van der Waals surface area contributed by atoms with Crippen LogP contribution in [-0.2, 0) is 0 Å². The first-order chi connectivity index (χ1) is 13.4. The number of hydrogen-bond acceptors (Lipinski definition) is 1. The molecule has 0 bridgehead atoms. The molecule has 152 valence electrons. The second-order valence-electron chi connectivity index (χ2n) is 9.42. The summed E-state index contributed by atoms with van der Waals surface area (Å²) in [5.41, 5.74) is 5.10. The minimum absolute atomic E-state index is 0.583. The Morgan fingerprint density at radius 2 is 2.04 bits per heavy atom. The zero-order valence-corrected chi connectivity index (χ0v) is 19.6. The van der Waals surface area contributed by atoms with Crippen molar-refractivity contribution >= 4 is 13.3 Å². The molecule has 0 saturated heterocycles. The van der Waals surface area contributed by atoms with Gasteiger partial charge in [0.1, 0.15) is 12.4 Å². The van der Waals surface area contributed by atoms with Gasteiger partial charge in [0.15, 0.2) is 0 Å². The molecule has 3 rings (SSSR count). The van der Waals surface area contributed by atoms with E-state index in [1.807, 2.05) is 6.08 Å². The molecule has 0 aliphatic heterocycles. The van der Waals surface area contributed by atoms with Crippen LogP contribution in [0.3, 0.4) is 0 Å². The van der Waals surface area contributed by atoms with Gasteiger partial charge in [0, 0.05) is 0 Å². The molecule has 1 fully saturated rings. The van der Waals surface area contributed by atoms with Gasteiger partial charge in [-0.25, -0.2) is 0 Å². The highest BCUT2D eigenvalue weighted by atomic mass is 28.3. The van der Waals surface area contributed by atoms with Crippen LogP contribution in [0.4, 0.5) is 0 Å². The predicted molar refractivity (Wildman–Crippen MR) is 125 cm³/mol. The first-order valence-corrected chi connectivity index (χ1v) is 14.2. The molecular weight excluding hydrogens is 356 g/mol. The van der Waals surface area contributed by atoms with Crippen LogP contribution in [0.1, 0.15) is 50.2 Å². The van der Waals surface area contributed by atoms with Crippen molar-refractivity contribution in [2.75, 3.05) is 6.61 Å². The van der Waals surface area contributed by atoms with Gasteiger partial charge in [-0.15, -0.1) is 0 Å². The van der Waals surface area contributed by atoms with Gasteiger partial charge in [0.25, 0.3) is 0 Å². The summed E-state index contributed by atoms with van der Waals surface area (Å²) < 4.78 is 6.25. The van der Waals surface area contributed by atoms with Gasteiger partial charge in [-0.1, -0.05) is 93.4 Å². The molecule has 0 radical (unpaired) electrons. The largest absolute Gasteiger partial charge is 0.489 e. The Hall–Kier alpha value is -1.54. The zero-order valence-electron chi connectivity index (χ0n) is 18.6. The van der Waals surface area contributed by atoms with Crippen LogP contribution in [-0.4, -0.2) is 14.7 Å². The third kappa shape index (κ3) is 4.08. The van der Waals surface area contributed by atoms with E-state index in [9.17, 15) is 0 Å². The SMILES string of the molecule is C=CCOc1c(C)cc(C)cc1[Si](C)(C)C1C2=CC=CCC2CC1CCCC. The Bertz CT molecular complexity index is 771. The number of allylic oxidation sites excluding steroid dienone is 4. The first kappa shape index (κ1) is 21.2. The fourth-order valence-electron chi connectivity index (χ4n) is 5.75. The average molecular weight is 395 g/mol. The molecular formula is C26H38OSi. The third-order valence-electron chi connectivity index (χ3n) is 6.90. The second-order valence-corrected chi connectivity index (χ2v) is 14.0. The van der Waals surface area contributed by atoms with Gasteiger partial charge in [-0.3, -0.25) is 0 Å². The molecule has 0 amide bonds. The van der Waals surface area contributed by atoms with Crippen molar-refractivity contribution in [3.63, 3.8) is 0 Å². The molecule has 0 N–H and O–H groups in total. The lowest BCUT2D eigenvalue weighted by atomic mass is 9.94. The molecule has 1 aromatic carbocycles. The second kappa shape index (κ2) is 8.86. The predicted octanol–water partition coefficient (Wildman–Crippen LogP) is 6.87. The Balaban J connectivity index is 2.07. The van der Waals surface area contributed by atoms with Crippen LogP contribution in [0.25, 0.3) is 0 Å². The van der Waals surface area contributed by atoms with Crippen molar-refractivity contribution in [2.24, 2.45) is 11.8 Å². The molecule has 3 atom stereocenters. The van der Waals surface area contributed by atoms with E-state index in [4.69, 9.17) is 4.74 Å². The normalized spacial score (nSPS) is 24.0. The number of ether oxygens (including phenoxy) is 1. The van der Waals surface area contributed by atoms with Gasteiger partial charge in [0.2, 0.25) is 0 Å². The fraction of sp³-hybridized carbons (Fsp3) is 0.538. The summed E-state index contributed by atoms with van der Waals surface area (Å²) >= 11 is 0. The van der Waals surface area contributed by atoms with Gasteiger partial charge in [-0.05, 0) is 54.8 Å². The molecule has 1 aromatic rings. The van der Waals surface area contributed by atoms with Crippen LogP contribution >= 0.6 is 0 Å². The van der Waals surface area contributed by atoms with Crippen LogP contribution in [0, 0.1) is 25.7 Å². The number of fused-ring (bicyclic) bond motifs is 1. The summed E-state index contributed by atoms with van der Waals surface area (Å²) in [6, 6.07) is 4.70. The summed E-state index contributed by atoms with van der Waals surface area (Å²) in [7, 11) is -1.79. The van der Waals surface area contributed by atoms with Crippen LogP contribution in [0.15, 0.2) is 48.6 Å². The topological polar surface area (TPSA) is 9.23 Å². The van der Waals surface area contributed by atoms with Gasteiger partial charge < -0.3 is 4.74 Å². The van der Waals surface area contributed by atoms with Crippen molar-refractivity contribution in [1.82, 2.24) is 0 Å². The van der Waals surface area contributed by atoms with E-state index < -0.39 is 8.07 Å². The van der Waals surface area contributed by atoms with Crippen molar-refractivity contribution in [3.8, 4) is 5.75 Å². The summed E-state index contributed by atoms with van der Waals surface area (Å²) in [4.78, 5) is 0. The maximum absolute atomic E-state index is 6.25. The Labute approximate surface area is 173 Å². The van der Waals surface area contributed by atoms with Gasteiger partial charge in [-0.2, -0.15) is 0 Å². The third-order valence-corrected chi connectivity index (χ3v) is 11.0. The lowest BCUT2D eigenvalue weighted by Crippen LogP contribution is -2.49. The maximum Gasteiger partial charge on any atom is 0.121 e. The summed E-state index contributed by atoms with van der Waals surface area (Å²) in [5.74, 6) is 2.73. The first-order valence-electron chi connectivity index (χ1n) is 11.1. The van der Waals surface area contributed by atoms with E-state index in [1.165, 1.54) is 48.4 Å². The molecule has 0 heterocycles. The summed E-state index contributed by atoms with van der Waals surface area (Å²) in [5, 5.41) is 1.51. The number of aryl methyl sites for hydroxylation is 2. The van der Waals surface area contributed by atoms with Crippen LogP contribution < -0.4 is 9.92 Å². The van der Waals surface area contributed by atoms with Crippen molar-refractivity contribution in [3.05, 3.63) is 59.7 Å². The van der Waals surface area contributed by atoms with E-state index in [0.717, 1.165) is 23.1 Å². The Morgan fingerprint density at radius 3 is 2.75 bits per heavy atom. The monoisotopic (exact) mass is 394 g/mol. The number of benzene rings is 1. The Kier molecular flexibility index (Phi) is 6.70. The zero-order chi connectivity index (χ0) is 20.3. The molecule has 2 heteroatoms. The van der Waals surface area contributed by atoms with Crippen LogP contribution in [0.5, 0.6) is 5.75 Å². The molecule has 2 aliphatic rings. The van der Waals surface area contributed by atoms with Crippen molar-refractivity contribution in [1.29, 1.82) is 0 Å². The van der Waals surface area contributed by atoms with Crippen molar-refractivity contribution < 1.29 is 4.74 Å². The van der Waals surface area contributed by atoms with E-state index in [2.05, 4.69) is 70.8 Å². The highest BCUT2D eigenvalue weighted by Crippen LogP contribution is 2.54. The van der Waals surface area contributed by atoms with Gasteiger partial charge in [0.05, 0.1) is 8.07 Å². The average Bonchev–Trinajstić information content (AvgIpc) is 3.04. The number of hydrogen-bond donors (Lipinski definition) is 0. The summed E-state index contributed by atoms with van der Waals surface area (Å²) in [6.07, 6.45) is 15.6. The minimum Gasteiger partial charge on any atom is -0.489 e. The van der Waals surface area contributed by atoms with Crippen LogP contribution in [0.2, 0.25) is 18.6 Å². The minimum atomic E-state index is -1.79. The molecule has 0 spiro atoms. The van der Waals surface area contributed by atoms with Gasteiger partial charge >= 0.3 is 0 Å². The molecule has 1 saturated carbocycles. The Morgan fingerprint density at radius 1 is 1.25 bits per heavy atom. The lowest BCUT2D eigenvalue weighted by molar-refractivity contribution is 0.363. The van der Waals surface area contributed by atoms with E-state index in [-0.39, 0.29) is 0 Å². The van der Waals surface area contributed by atoms with Crippen molar-refractivity contribution in [2.45, 2.75) is 71.5 Å².